The summed E-state index contributed by atoms with van der Waals surface area (Å²) >= 11 is 1.87. The van der Waals surface area contributed by atoms with Crippen LogP contribution in [0.4, 0.5) is 0 Å². The van der Waals surface area contributed by atoms with Gasteiger partial charge in [-0.05, 0) is 120 Å². The first kappa shape index (κ1) is 38.1. The van der Waals surface area contributed by atoms with Crippen LogP contribution in [0, 0.1) is 11.8 Å². The second-order valence-electron chi connectivity index (χ2n) is 17.6. The summed E-state index contributed by atoms with van der Waals surface area (Å²) in [4.78, 5) is 36.0. The molecule has 5 aliphatic rings. The number of carbonyl (C=O) groups is 2. The number of aromatic amines is 1. The minimum Gasteiger partial charge on any atom is -0.471 e. The topological polar surface area (TPSA) is 120 Å². The SMILES string of the molecule is CN[C@H](C(=O)N1C2CC2C[C@H]1c1ncc(-c2ccc3c(c2)OC(c2ccc(C4CC4)s2)n2c-3cc3cc(B4OC(C)(C)C(C)(C)O4)ccc32)[nH]1)C(C)C.COC=O. The first-order valence-corrected chi connectivity index (χ1v) is 21.1. The van der Waals surface area contributed by atoms with E-state index in [4.69, 9.17) is 23.8 Å². The van der Waals surface area contributed by atoms with Gasteiger partial charge in [-0.2, -0.15) is 0 Å². The quantitative estimate of drug-likeness (QED) is 0.116. The van der Waals surface area contributed by atoms with E-state index in [0.29, 0.717) is 24.3 Å². The summed E-state index contributed by atoms with van der Waals surface area (Å²) in [7, 11) is 2.77. The maximum Gasteiger partial charge on any atom is 0.494 e. The van der Waals surface area contributed by atoms with E-state index in [0.717, 1.165) is 63.3 Å². The van der Waals surface area contributed by atoms with Gasteiger partial charge in [0, 0.05) is 27.4 Å². The summed E-state index contributed by atoms with van der Waals surface area (Å²) in [5, 5.41) is 4.39. The van der Waals surface area contributed by atoms with E-state index in [1.165, 1.54) is 29.7 Å². The predicted octanol–water partition coefficient (Wildman–Crippen LogP) is 7.57. The van der Waals surface area contributed by atoms with Gasteiger partial charge < -0.3 is 34.0 Å². The lowest BCUT2D eigenvalue weighted by atomic mass is 9.78. The molecule has 10 rings (SSSR count). The van der Waals surface area contributed by atoms with Crippen LogP contribution in [-0.4, -0.2) is 76.4 Å². The van der Waals surface area contributed by atoms with Crippen LogP contribution >= 0.6 is 11.3 Å². The third-order valence-electron chi connectivity index (χ3n) is 12.9. The van der Waals surface area contributed by atoms with Gasteiger partial charge in [0.2, 0.25) is 12.1 Å². The van der Waals surface area contributed by atoms with Crippen molar-refractivity contribution in [2.75, 3.05) is 14.2 Å². The number of hydrogen-bond acceptors (Lipinski definition) is 9. The molecule has 6 heterocycles. The van der Waals surface area contributed by atoms with Crippen molar-refractivity contribution in [3.63, 3.8) is 0 Å². The van der Waals surface area contributed by atoms with Gasteiger partial charge >= 0.3 is 7.12 Å². The van der Waals surface area contributed by atoms with Gasteiger partial charge in [-0.3, -0.25) is 14.2 Å². The van der Waals surface area contributed by atoms with E-state index < -0.39 is 18.3 Å². The molecular formula is C44H52BN5O6S. The Kier molecular flexibility index (Phi) is 9.46. The molecule has 13 heteroatoms. The molecule has 4 fully saturated rings. The number of likely N-dealkylation sites (tertiary alicyclic amines) is 1. The molecule has 5 aromatic rings. The summed E-state index contributed by atoms with van der Waals surface area (Å²) in [5.74, 6) is 3.34. The number of piperidine rings is 1. The predicted molar refractivity (Wildman–Crippen MR) is 223 cm³/mol. The fraction of sp³-hybridized carbons (Fsp3) is 0.477. The Balaban J connectivity index is 0.00000101. The standard InChI is InChI=1S/C42H48BN5O4S.C2H4O2/c1-22(2)37(44-7)39(49)47-31-17-26(31)19-33(47)38-45-21-29(46-38)24-10-12-28-32-18-25-16-27(43-51-41(3,4)42(5,6)52-43)11-13-30(25)48(32)40(50-34(28)20-24)36-15-14-35(53-36)23-8-9-23;1-4-2-3/h10-16,18,20-23,26,31,33,37,40,44H,8-9,17,19H2,1-7H3,(H,45,46);2H,1H3/t26?,31?,33-,37-,40?;/m0./s1. The van der Waals surface area contributed by atoms with E-state index >= 15 is 0 Å². The normalized spacial score (nSPS) is 24.3. The van der Waals surface area contributed by atoms with Crippen molar-refractivity contribution in [2.24, 2.45) is 11.8 Å². The fourth-order valence-electron chi connectivity index (χ4n) is 8.86. The van der Waals surface area contributed by atoms with Crippen LogP contribution < -0.4 is 15.5 Å². The highest BCUT2D eigenvalue weighted by Gasteiger charge is 2.56. The number of likely N-dealkylation sites (N-methyl/N-ethyl adjacent to an activating group) is 1. The van der Waals surface area contributed by atoms with Gasteiger partial charge in [0.05, 0.1) is 58.4 Å². The van der Waals surface area contributed by atoms with Crippen LogP contribution in [0.5, 0.6) is 5.75 Å². The van der Waals surface area contributed by atoms with E-state index in [2.05, 4.69) is 121 Å². The molecular weight excluding hydrogens is 737 g/mol. The van der Waals surface area contributed by atoms with E-state index in [-0.39, 0.29) is 30.1 Å². The largest absolute Gasteiger partial charge is 0.494 e. The Labute approximate surface area is 338 Å². The van der Waals surface area contributed by atoms with Crippen molar-refractivity contribution in [1.82, 2.24) is 24.8 Å². The molecule has 3 unspecified atom stereocenters. The maximum absolute atomic E-state index is 13.8. The number of carbonyl (C=O) groups excluding carboxylic acids is 2. The zero-order valence-electron chi connectivity index (χ0n) is 34.0. The van der Waals surface area contributed by atoms with Crippen molar-refractivity contribution < 1.29 is 28.4 Å². The van der Waals surface area contributed by atoms with Crippen molar-refractivity contribution in [3.05, 3.63) is 76.4 Å². The van der Waals surface area contributed by atoms with Crippen LogP contribution in [0.2, 0.25) is 0 Å². The van der Waals surface area contributed by atoms with Crippen LogP contribution in [0.1, 0.15) is 101 Å². The van der Waals surface area contributed by atoms with E-state index in [9.17, 15) is 4.79 Å². The number of hydrogen-bond donors (Lipinski definition) is 2. The summed E-state index contributed by atoms with van der Waals surface area (Å²) in [6.07, 6.45) is 6.20. The Morgan fingerprint density at radius 2 is 1.77 bits per heavy atom. The Morgan fingerprint density at radius 1 is 1.04 bits per heavy atom. The molecule has 298 valence electrons. The highest BCUT2D eigenvalue weighted by molar-refractivity contribution is 7.12. The second kappa shape index (κ2) is 14.1. The highest BCUT2D eigenvalue weighted by Crippen LogP contribution is 2.54. The Bertz CT molecular complexity index is 2330. The monoisotopic (exact) mass is 789 g/mol. The number of nitrogens with one attached hydrogen (secondary N) is 2. The third kappa shape index (κ3) is 6.60. The minimum absolute atomic E-state index is 0.0369. The number of nitrogens with zero attached hydrogens (tertiary/aromatic N) is 3. The smallest absolute Gasteiger partial charge is 0.471 e. The number of imidazole rings is 1. The molecule has 5 atom stereocenters. The van der Waals surface area contributed by atoms with Gasteiger partial charge in [-0.1, -0.05) is 32.0 Å². The number of rotatable bonds is 9. The van der Waals surface area contributed by atoms with Gasteiger partial charge in [0.1, 0.15) is 11.6 Å². The van der Waals surface area contributed by atoms with E-state index in [1.54, 1.807) is 0 Å². The molecule has 2 saturated heterocycles. The zero-order chi connectivity index (χ0) is 40.0. The third-order valence-corrected chi connectivity index (χ3v) is 14.2. The molecule has 2 saturated carbocycles. The average molecular weight is 790 g/mol. The molecule has 57 heavy (non-hydrogen) atoms. The van der Waals surface area contributed by atoms with Crippen molar-refractivity contribution in [2.45, 2.75) is 109 Å². The maximum atomic E-state index is 13.8. The summed E-state index contributed by atoms with van der Waals surface area (Å²) in [5.41, 5.74) is 5.42. The lowest BCUT2D eigenvalue weighted by Crippen LogP contribution is -2.49. The molecule has 1 amide bonds. The molecule has 3 aromatic heterocycles. The number of aromatic nitrogens is 3. The number of benzene rings is 2. The second-order valence-corrected chi connectivity index (χ2v) is 18.7. The molecule has 0 radical (unpaired) electrons. The number of amides is 1. The molecule has 2 aromatic carbocycles. The highest BCUT2D eigenvalue weighted by atomic mass is 32.1. The number of thiophene rings is 1. The Morgan fingerprint density at radius 3 is 2.46 bits per heavy atom. The van der Waals surface area contributed by atoms with Gasteiger partial charge in [-0.25, -0.2) is 4.98 Å². The van der Waals surface area contributed by atoms with Crippen molar-refractivity contribution in [3.8, 4) is 28.3 Å². The van der Waals surface area contributed by atoms with Crippen LogP contribution in [0.25, 0.3) is 33.4 Å². The van der Waals surface area contributed by atoms with Gasteiger partial charge in [0.25, 0.3) is 6.47 Å². The number of fused-ring (bicyclic) bond motifs is 6. The summed E-state index contributed by atoms with van der Waals surface area (Å²) < 4.78 is 26.1. The van der Waals surface area contributed by atoms with Crippen LogP contribution in [0.15, 0.2) is 60.8 Å². The number of H-pyrrole nitrogens is 1. The van der Waals surface area contributed by atoms with Crippen molar-refractivity contribution in [1.29, 1.82) is 0 Å². The summed E-state index contributed by atoms with van der Waals surface area (Å²) in [6.45, 7) is 13.0. The number of ether oxygens (including phenoxy) is 2. The van der Waals surface area contributed by atoms with Gasteiger partial charge in [0.15, 0.2) is 0 Å². The fourth-order valence-corrected chi connectivity index (χ4v) is 10.1. The lowest BCUT2D eigenvalue weighted by Gasteiger charge is -2.32. The molecule has 11 nitrogen and oxygen atoms in total. The van der Waals surface area contributed by atoms with Gasteiger partial charge in [-0.15, -0.1) is 11.3 Å². The molecule has 2 aliphatic carbocycles. The first-order chi connectivity index (χ1) is 27.3. The lowest BCUT2D eigenvalue weighted by molar-refractivity contribution is -0.136. The molecule has 0 spiro atoms. The Hall–Kier alpha value is -4.43. The first-order valence-electron chi connectivity index (χ1n) is 20.2. The number of methoxy groups -OCH3 is 1. The van der Waals surface area contributed by atoms with E-state index in [1.807, 2.05) is 24.6 Å². The molecule has 3 aliphatic heterocycles. The zero-order valence-corrected chi connectivity index (χ0v) is 34.8. The van der Waals surface area contributed by atoms with Crippen LogP contribution in [-0.2, 0) is 23.6 Å². The average Bonchev–Trinajstić information content (AvgIpc) is 3.85. The summed E-state index contributed by atoms with van der Waals surface area (Å²) in [6, 6.07) is 19.9. The van der Waals surface area contributed by atoms with Crippen molar-refractivity contribution >= 4 is 47.2 Å². The van der Waals surface area contributed by atoms with Crippen LogP contribution in [0.3, 0.4) is 0 Å². The molecule has 2 N–H and O–H groups in total. The minimum atomic E-state index is -0.430. The molecule has 0 bridgehead atoms.